The van der Waals surface area contributed by atoms with Gasteiger partial charge in [0.25, 0.3) is 0 Å². The number of hydrogen-bond donors (Lipinski definition) is 2. The molecular weight excluding hydrogens is 282 g/mol. The van der Waals surface area contributed by atoms with Crippen LogP contribution in [0.15, 0.2) is 4.99 Å². The Kier molecular flexibility index (Phi) is 7.13. The smallest absolute Gasteiger partial charge is 0.310 e. The van der Waals surface area contributed by atoms with Crippen LogP contribution < -0.4 is 5.32 Å². The summed E-state index contributed by atoms with van der Waals surface area (Å²) in [6, 6.07) is 0. The van der Waals surface area contributed by atoms with Gasteiger partial charge in [0, 0.05) is 25.0 Å². The van der Waals surface area contributed by atoms with E-state index in [1.165, 1.54) is 7.11 Å². The molecule has 2 N–H and O–H groups in total. The van der Waals surface area contributed by atoms with Crippen molar-refractivity contribution in [1.82, 2.24) is 10.2 Å². The highest BCUT2D eigenvalue weighted by Crippen LogP contribution is 2.25. The third kappa shape index (κ3) is 4.60. The zero-order valence-corrected chi connectivity index (χ0v) is 14.6. The molecule has 1 fully saturated rings. The van der Waals surface area contributed by atoms with Crippen molar-refractivity contribution >= 4 is 11.9 Å². The standard InChI is InChI=1S/C16H31N3O3/c1-6-16(4,11-20)10-18-15(17-7-2)19-8-12(3)13(9-19)14(21)22-5/h12-13,20H,6-11H2,1-5H3,(H,17,18). The minimum Gasteiger partial charge on any atom is -0.469 e. The van der Waals surface area contributed by atoms with Gasteiger partial charge in [-0.3, -0.25) is 9.79 Å². The minimum atomic E-state index is -0.201. The predicted molar refractivity (Wildman–Crippen MR) is 87.7 cm³/mol. The van der Waals surface area contributed by atoms with Crippen molar-refractivity contribution in [3.63, 3.8) is 0 Å². The van der Waals surface area contributed by atoms with Gasteiger partial charge in [-0.05, 0) is 19.3 Å². The number of aliphatic imine (C=N–C) groups is 1. The lowest BCUT2D eigenvalue weighted by Crippen LogP contribution is -2.41. The lowest BCUT2D eigenvalue weighted by atomic mass is 9.89. The molecule has 1 aliphatic heterocycles. The van der Waals surface area contributed by atoms with Gasteiger partial charge in [-0.15, -0.1) is 0 Å². The van der Waals surface area contributed by atoms with Crippen molar-refractivity contribution in [2.24, 2.45) is 22.2 Å². The van der Waals surface area contributed by atoms with Crippen LogP contribution in [0.25, 0.3) is 0 Å². The molecule has 3 atom stereocenters. The fourth-order valence-electron chi connectivity index (χ4n) is 2.56. The van der Waals surface area contributed by atoms with E-state index in [-0.39, 0.29) is 29.8 Å². The van der Waals surface area contributed by atoms with E-state index in [4.69, 9.17) is 4.74 Å². The van der Waals surface area contributed by atoms with Gasteiger partial charge in [0.2, 0.25) is 0 Å². The number of carbonyl (C=O) groups excluding carboxylic acids is 1. The molecule has 3 unspecified atom stereocenters. The summed E-state index contributed by atoms with van der Waals surface area (Å²) in [5, 5.41) is 12.8. The number of likely N-dealkylation sites (tertiary alicyclic amines) is 1. The molecule has 0 saturated carbocycles. The Bertz CT molecular complexity index is 394. The molecule has 0 spiro atoms. The van der Waals surface area contributed by atoms with Crippen molar-refractivity contribution < 1.29 is 14.6 Å². The Morgan fingerprint density at radius 2 is 2.14 bits per heavy atom. The molecule has 0 aromatic heterocycles. The van der Waals surface area contributed by atoms with E-state index in [0.717, 1.165) is 25.5 Å². The summed E-state index contributed by atoms with van der Waals surface area (Å²) in [7, 11) is 1.44. The van der Waals surface area contributed by atoms with Gasteiger partial charge in [-0.25, -0.2) is 0 Å². The number of guanidine groups is 1. The molecule has 22 heavy (non-hydrogen) atoms. The molecule has 0 radical (unpaired) electrons. The number of nitrogens with one attached hydrogen (secondary N) is 1. The first-order valence-electron chi connectivity index (χ1n) is 8.12. The van der Waals surface area contributed by atoms with Crippen LogP contribution in [0, 0.1) is 17.3 Å². The quantitative estimate of drug-likeness (QED) is 0.436. The van der Waals surface area contributed by atoms with Crippen molar-refractivity contribution in [1.29, 1.82) is 0 Å². The normalized spacial score (nSPS) is 25.0. The van der Waals surface area contributed by atoms with Gasteiger partial charge in [-0.1, -0.05) is 20.8 Å². The van der Waals surface area contributed by atoms with E-state index in [2.05, 4.69) is 29.1 Å². The average molecular weight is 313 g/mol. The Hall–Kier alpha value is -1.30. The fraction of sp³-hybridized carbons (Fsp3) is 0.875. The molecule has 0 aromatic rings. The second-order valence-electron chi connectivity index (χ2n) is 6.50. The topological polar surface area (TPSA) is 74.2 Å². The van der Waals surface area contributed by atoms with Gasteiger partial charge >= 0.3 is 5.97 Å². The summed E-state index contributed by atoms with van der Waals surface area (Å²) in [5.41, 5.74) is -0.201. The highest BCUT2D eigenvalue weighted by Gasteiger charge is 2.37. The van der Waals surface area contributed by atoms with E-state index in [1.54, 1.807) is 0 Å². The van der Waals surface area contributed by atoms with Crippen LogP contribution in [0.4, 0.5) is 0 Å². The number of hydrogen-bond acceptors (Lipinski definition) is 4. The lowest BCUT2D eigenvalue weighted by Gasteiger charge is -2.26. The summed E-state index contributed by atoms with van der Waals surface area (Å²) in [4.78, 5) is 18.6. The first kappa shape index (κ1) is 18.7. The number of ether oxygens (including phenoxy) is 1. The van der Waals surface area contributed by atoms with E-state index in [0.29, 0.717) is 13.1 Å². The van der Waals surface area contributed by atoms with E-state index >= 15 is 0 Å². The first-order valence-corrected chi connectivity index (χ1v) is 8.12. The van der Waals surface area contributed by atoms with Crippen molar-refractivity contribution in [3.05, 3.63) is 0 Å². The van der Waals surface area contributed by atoms with Crippen molar-refractivity contribution in [2.45, 2.75) is 34.1 Å². The predicted octanol–water partition coefficient (Wildman–Crippen LogP) is 1.10. The number of carbonyl (C=O) groups is 1. The maximum absolute atomic E-state index is 11.8. The summed E-state index contributed by atoms with van der Waals surface area (Å²) in [5.74, 6) is 0.796. The number of methoxy groups -OCH3 is 1. The van der Waals surface area contributed by atoms with Gasteiger partial charge in [0.15, 0.2) is 5.96 Å². The van der Waals surface area contributed by atoms with Gasteiger partial charge < -0.3 is 20.1 Å². The number of aliphatic hydroxyl groups excluding tert-OH is 1. The van der Waals surface area contributed by atoms with E-state index in [9.17, 15) is 9.90 Å². The Morgan fingerprint density at radius 3 is 2.64 bits per heavy atom. The molecule has 1 rings (SSSR count). The van der Waals surface area contributed by atoms with Gasteiger partial charge in [-0.2, -0.15) is 0 Å². The van der Waals surface area contributed by atoms with Crippen LogP contribution in [-0.2, 0) is 9.53 Å². The molecule has 0 amide bonds. The zero-order valence-electron chi connectivity index (χ0n) is 14.6. The van der Waals surface area contributed by atoms with Crippen LogP contribution in [-0.4, -0.2) is 61.8 Å². The molecule has 0 aliphatic carbocycles. The number of nitrogens with zero attached hydrogens (tertiary/aromatic N) is 2. The van der Waals surface area contributed by atoms with Crippen LogP contribution in [0.5, 0.6) is 0 Å². The molecule has 1 heterocycles. The fourth-order valence-corrected chi connectivity index (χ4v) is 2.56. The molecule has 6 heteroatoms. The highest BCUT2D eigenvalue weighted by atomic mass is 16.5. The van der Waals surface area contributed by atoms with Crippen LogP contribution >= 0.6 is 0 Å². The average Bonchev–Trinajstić information content (AvgIpc) is 2.92. The maximum atomic E-state index is 11.8. The van der Waals surface area contributed by atoms with Gasteiger partial charge in [0.1, 0.15) is 0 Å². The largest absolute Gasteiger partial charge is 0.469 e. The molecule has 6 nitrogen and oxygen atoms in total. The second-order valence-corrected chi connectivity index (χ2v) is 6.50. The summed E-state index contributed by atoms with van der Waals surface area (Å²) < 4.78 is 4.88. The van der Waals surface area contributed by atoms with Crippen molar-refractivity contribution in [3.8, 4) is 0 Å². The highest BCUT2D eigenvalue weighted by molar-refractivity contribution is 5.82. The van der Waals surface area contributed by atoms with Crippen LogP contribution in [0.3, 0.4) is 0 Å². The summed E-state index contributed by atoms with van der Waals surface area (Å²) >= 11 is 0. The second kappa shape index (κ2) is 8.36. The SMILES string of the molecule is CCNC(=NCC(C)(CC)CO)N1CC(C)C(C(=O)OC)C1. The third-order valence-corrected chi connectivity index (χ3v) is 4.60. The number of aliphatic hydroxyl groups is 1. The third-order valence-electron chi connectivity index (χ3n) is 4.60. The Morgan fingerprint density at radius 1 is 1.45 bits per heavy atom. The molecule has 0 aromatic carbocycles. The molecule has 0 bridgehead atoms. The van der Waals surface area contributed by atoms with Crippen LogP contribution in [0.2, 0.25) is 0 Å². The van der Waals surface area contributed by atoms with Crippen LogP contribution in [0.1, 0.15) is 34.1 Å². The number of esters is 1. The zero-order chi connectivity index (χ0) is 16.8. The monoisotopic (exact) mass is 313 g/mol. The Balaban J connectivity index is 2.81. The van der Waals surface area contributed by atoms with Crippen molar-refractivity contribution in [2.75, 3.05) is 39.9 Å². The first-order chi connectivity index (χ1) is 10.4. The van der Waals surface area contributed by atoms with Gasteiger partial charge in [0.05, 0.1) is 26.2 Å². The molecular formula is C16H31N3O3. The molecule has 1 saturated heterocycles. The van der Waals surface area contributed by atoms with E-state index in [1.807, 2.05) is 13.8 Å². The number of rotatable bonds is 6. The Labute approximate surface area is 133 Å². The lowest BCUT2D eigenvalue weighted by molar-refractivity contribution is -0.145. The maximum Gasteiger partial charge on any atom is 0.310 e. The minimum absolute atomic E-state index is 0.107. The summed E-state index contributed by atoms with van der Waals surface area (Å²) in [6.07, 6.45) is 0.869. The van der Waals surface area contributed by atoms with E-state index < -0.39 is 0 Å². The molecule has 128 valence electrons. The summed E-state index contributed by atoms with van der Waals surface area (Å²) in [6.45, 7) is 11.0. The molecule has 1 aliphatic rings.